The second-order valence-corrected chi connectivity index (χ2v) is 6.35. The van der Waals surface area contributed by atoms with Crippen molar-refractivity contribution in [1.82, 2.24) is 19.6 Å². The summed E-state index contributed by atoms with van der Waals surface area (Å²) in [7, 11) is 1.70. The van der Waals surface area contributed by atoms with Gasteiger partial charge in [-0.2, -0.15) is 10.2 Å². The van der Waals surface area contributed by atoms with E-state index < -0.39 is 18.5 Å². The van der Waals surface area contributed by atoms with Crippen LogP contribution in [0.3, 0.4) is 0 Å². The molecule has 1 amide bonds. The van der Waals surface area contributed by atoms with Crippen LogP contribution in [-0.2, 0) is 16.6 Å². The van der Waals surface area contributed by atoms with Crippen LogP contribution >= 0.6 is 0 Å². The fraction of sp³-hybridized carbons (Fsp3) is 0.263. The first-order chi connectivity index (χ1) is 13.3. The van der Waals surface area contributed by atoms with Crippen LogP contribution in [0, 0.1) is 26.6 Å². The molecule has 1 aromatic carbocycles. The number of halogens is 1. The molecule has 2 aromatic heterocycles. The monoisotopic (exact) mass is 385 g/mol. The largest absolute Gasteiger partial charge is 0.452 e. The number of rotatable bonds is 5. The Kier molecular flexibility index (Phi) is 5.25. The first kappa shape index (κ1) is 19.3. The third kappa shape index (κ3) is 3.93. The summed E-state index contributed by atoms with van der Waals surface area (Å²) < 4.78 is 21.3. The molecular weight excluding hydrogens is 365 g/mol. The predicted molar refractivity (Wildman–Crippen MR) is 99.9 cm³/mol. The summed E-state index contributed by atoms with van der Waals surface area (Å²) in [4.78, 5) is 24.5. The molecule has 0 aliphatic carbocycles. The molecule has 28 heavy (non-hydrogen) atoms. The molecule has 0 saturated carbocycles. The van der Waals surface area contributed by atoms with Crippen LogP contribution in [0.5, 0.6) is 0 Å². The second-order valence-electron chi connectivity index (χ2n) is 6.35. The molecule has 0 spiro atoms. The molecule has 0 radical (unpaired) electrons. The standard InChI is InChI=1S/C19H20FN5O3/c1-11-9-16(24(4)22-11)21-17(26)10-28-19(27)18-12(2)23-25(13(18)3)15-7-5-14(20)6-8-15/h5-9H,10H2,1-4H3,(H,21,26). The van der Waals surface area contributed by atoms with Crippen LogP contribution in [0.15, 0.2) is 30.3 Å². The number of benzene rings is 1. The van der Waals surface area contributed by atoms with Gasteiger partial charge < -0.3 is 10.1 Å². The molecular formula is C19H20FN5O3. The molecule has 9 heteroatoms. The van der Waals surface area contributed by atoms with Gasteiger partial charge in [-0.1, -0.05) is 0 Å². The highest BCUT2D eigenvalue weighted by atomic mass is 19.1. The predicted octanol–water partition coefficient (Wildman–Crippen LogP) is 2.47. The Balaban J connectivity index is 1.70. The summed E-state index contributed by atoms with van der Waals surface area (Å²) >= 11 is 0. The van der Waals surface area contributed by atoms with Crippen molar-refractivity contribution in [1.29, 1.82) is 0 Å². The normalized spacial score (nSPS) is 10.8. The fourth-order valence-corrected chi connectivity index (χ4v) is 2.88. The van der Waals surface area contributed by atoms with Crippen molar-refractivity contribution in [2.45, 2.75) is 20.8 Å². The number of ether oxygens (including phenoxy) is 1. The Hall–Kier alpha value is -3.49. The summed E-state index contributed by atoms with van der Waals surface area (Å²) in [5.41, 5.74) is 2.64. The van der Waals surface area contributed by atoms with Crippen molar-refractivity contribution in [3.05, 3.63) is 58.8 Å². The van der Waals surface area contributed by atoms with E-state index >= 15 is 0 Å². The lowest BCUT2D eigenvalue weighted by Crippen LogP contribution is -2.22. The average Bonchev–Trinajstić information content (AvgIpc) is 3.11. The van der Waals surface area contributed by atoms with Gasteiger partial charge in [0.2, 0.25) is 0 Å². The van der Waals surface area contributed by atoms with E-state index in [1.165, 1.54) is 21.5 Å². The number of amides is 1. The van der Waals surface area contributed by atoms with E-state index in [2.05, 4.69) is 15.5 Å². The van der Waals surface area contributed by atoms with Crippen LogP contribution in [0.4, 0.5) is 10.2 Å². The highest BCUT2D eigenvalue weighted by Crippen LogP contribution is 2.19. The number of carbonyl (C=O) groups excluding carboxylic acids is 2. The third-order valence-corrected chi connectivity index (χ3v) is 4.17. The van der Waals surface area contributed by atoms with Crippen LogP contribution in [0.2, 0.25) is 0 Å². The topological polar surface area (TPSA) is 91.0 Å². The number of anilines is 1. The van der Waals surface area contributed by atoms with Crippen LogP contribution < -0.4 is 5.32 Å². The molecule has 0 fully saturated rings. The van der Waals surface area contributed by atoms with Crippen molar-refractivity contribution in [2.75, 3.05) is 11.9 Å². The molecule has 3 rings (SSSR count). The van der Waals surface area contributed by atoms with E-state index in [4.69, 9.17) is 4.74 Å². The molecule has 146 valence electrons. The van der Waals surface area contributed by atoms with E-state index in [1.54, 1.807) is 46.0 Å². The van der Waals surface area contributed by atoms with E-state index in [0.717, 1.165) is 5.69 Å². The minimum Gasteiger partial charge on any atom is -0.452 e. The third-order valence-electron chi connectivity index (χ3n) is 4.17. The summed E-state index contributed by atoms with van der Waals surface area (Å²) in [5, 5.41) is 11.1. The van der Waals surface area contributed by atoms with Crippen LogP contribution in [-0.4, -0.2) is 38.0 Å². The molecule has 0 aliphatic heterocycles. The lowest BCUT2D eigenvalue weighted by atomic mass is 10.2. The van der Waals surface area contributed by atoms with Crippen molar-refractivity contribution in [3.63, 3.8) is 0 Å². The quantitative estimate of drug-likeness (QED) is 0.682. The zero-order valence-corrected chi connectivity index (χ0v) is 16.0. The fourth-order valence-electron chi connectivity index (χ4n) is 2.88. The number of aromatic nitrogens is 4. The van der Waals surface area contributed by atoms with Gasteiger partial charge in [-0.15, -0.1) is 0 Å². The number of carbonyl (C=O) groups is 2. The first-order valence-corrected chi connectivity index (χ1v) is 8.56. The van der Waals surface area contributed by atoms with E-state index in [1.807, 2.05) is 0 Å². The number of nitrogens with one attached hydrogen (secondary N) is 1. The molecule has 0 aliphatic rings. The minimum atomic E-state index is -0.653. The van der Waals surface area contributed by atoms with Gasteiger partial charge in [-0.25, -0.2) is 13.9 Å². The van der Waals surface area contributed by atoms with Crippen LogP contribution in [0.1, 0.15) is 27.4 Å². The number of esters is 1. The Morgan fingerprint density at radius 2 is 1.82 bits per heavy atom. The summed E-state index contributed by atoms with van der Waals surface area (Å²) in [6, 6.07) is 7.46. The molecule has 2 heterocycles. The lowest BCUT2D eigenvalue weighted by Gasteiger charge is -2.07. The van der Waals surface area contributed by atoms with Gasteiger partial charge in [-0.3, -0.25) is 9.48 Å². The number of hydrogen-bond donors (Lipinski definition) is 1. The SMILES string of the molecule is Cc1cc(NC(=O)COC(=O)c2c(C)nn(-c3ccc(F)cc3)c2C)n(C)n1. The second kappa shape index (κ2) is 7.63. The van der Waals surface area contributed by atoms with Gasteiger partial charge in [0.15, 0.2) is 6.61 Å². The molecule has 0 saturated heterocycles. The number of nitrogens with zero attached hydrogens (tertiary/aromatic N) is 4. The highest BCUT2D eigenvalue weighted by molar-refractivity contribution is 5.96. The minimum absolute atomic E-state index is 0.272. The maximum atomic E-state index is 13.1. The smallest absolute Gasteiger partial charge is 0.342 e. The number of hydrogen-bond acceptors (Lipinski definition) is 5. The van der Waals surface area contributed by atoms with Gasteiger partial charge in [0.1, 0.15) is 17.2 Å². The van der Waals surface area contributed by atoms with E-state index in [9.17, 15) is 14.0 Å². The Morgan fingerprint density at radius 3 is 2.43 bits per heavy atom. The Labute approximate surface area is 160 Å². The molecule has 0 unspecified atom stereocenters. The Bertz CT molecular complexity index is 1040. The maximum absolute atomic E-state index is 13.1. The lowest BCUT2D eigenvalue weighted by molar-refractivity contribution is -0.119. The first-order valence-electron chi connectivity index (χ1n) is 8.56. The Morgan fingerprint density at radius 1 is 1.14 bits per heavy atom. The van der Waals surface area contributed by atoms with E-state index in [0.29, 0.717) is 22.9 Å². The molecule has 1 N–H and O–H groups in total. The molecule has 8 nitrogen and oxygen atoms in total. The van der Waals surface area contributed by atoms with E-state index in [-0.39, 0.29) is 11.4 Å². The zero-order valence-electron chi connectivity index (χ0n) is 16.0. The van der Waals surface area contributed by atoms with Gasteiger partial charge in [0.05, 0.1) is 22.8 Å². The maximum Gasteiger partial charge on any atom is 0.342 e. The van der Waals surface area contributed by atoms with Crippen LogP contribution in [0.25, 0.3) is 5.69 Å². The van der Waals surface area contributed by atoms with Crippen molar-refractivity contribution in [3.8, 4) is 5.69 Å². The van der Waals surface area contributed by atoms with Gasteiger partial charge in [0, 0.05) is 13.1 Å². The molecule has 0 bridgehead atoms. The summed E-state index contributed by atoms with van der Waals surface area (Å²) in [5.74, 6) is -0.980. The van der Waals surface area contributed by atoms with Crippen molar-refractivity contribution < 1.29 is 18.7 Å². The number of aryl methyl sites for hydroxylation is 3. The zero-order chi connectivity index (χ0) is 20.4. The average molecular weight is 385 g/mol. The summed E-state index contributed by atoms with van der Waals surface area (Å²) in [6.45, 7) is 4.74. The molecule has 3 aromatic rings. The van der Waals surface area contributed by atoms with Crippen molar-refractivity contribution >= 4 is 17.7 Å². The summed E-state index contributed by atoms with van der Waals surface area (Å²) in [6.07, 6.45) is 0. The van der Waals surface area contributed by atoms with Gasteiger partial charge >= 0.3 is 5.97 Å². The van der Waals surface area contributed by atoms with Gasteiger partial charge in [0.25, 0.3) is 5.91 Å². The highest BCUT2D eigenvalue weighted by Gasteiger charge is 2.22. The van der Waals surface area contributed by atoms with Crippen molar-refractivity contribution in [2.24, 2.45) is 7.05 Å². The molecule has 0 atom stereocenters. The van der Waals surface area contributed by atoms with Gasteiger partial charge in [-0.05, 0) is 45.0 Å².